The molecule has 2 atom stereocenters. The highest BCUT2D eigenvalue weighted by Crippen LogP contribution is 2.28. The molecular formula is C19H18N2O4. The van der Waals surface area contributed by atoms with Crippen LogP contribution in [0.5, 0.6) is 5.75 Å². The highest BCUT2D eigenvalue weighted by Gasteiger charge is 2.33. The smallest absolute Gasteiger partial charge is 0.289 e. The normalized spacial score (nSPS) is 20.6. The minimum absolute atomic E-state index is 0.210. The second kappa shape index (κ2) is 6.57. The molecule has 2 aromatic heterocycles. The molecule has 0 aliphatic carbocycles. The van der Waals surface area contributed by atoms with Crippen molar-refractivity contribution in [2.75, 3.05) is 13.1 Å². The fourth-order valence-electron chi connectivity index (χ4n) is 3.15. The van der Waals surface area contributed by atoms with Crippen LogP contribution in [0.15, 0.2) is 59.5 Å². The van der Waals surface area contributed by atoms with Crippen LogP contribution in [-0.4, -0.2) is 46.2 Å². The Morgan fingerprint density at radius 1 is 1.28 bits per heavy atom. The fourth-order valence-corrected chi connectivity index (χ4v) is 3.15. The molecule has 1 aliphatic heterocycles. The average molecular weight is 338 g/mol. The second-order valence-electron chi connectivity index (χ2n) is 6.09. The lowest BCUT2D eigenvalue weighted by Crippen LogP contribution is -2.50. The van der Waals surface area contributed by atoms with E-state index < -0.39 is 6.10 Å². The van der Waals surface area contributed by atoms with Gasteiger partial charge in [-0.05, 0) is 24.3 Å². The molecule has 128 valence electrons. The number of piperidine rings is 1. The molecule has 0 bridgehead atoms. The number of carbonyl (C=O) groups is 1. The van der Waals surface area contributed by atoms with Gasteiger partial charge in [0.2, 0.25) is 0 Å². The molecule has 1 aromatic carbocycles. The number of hydrogen-bond acceptors (Lipinski definition) is 5. The van der Waals surface area contributed by atoms with E-state index in [9.17, 15) is 9.90 Å². The molecule has 25 heavy (non-hydrogen) atoms. The van der Waals surface area contributed by atoms with Gasteiger partial charge in [0.05, 0.1) is 12.8 Å². The fraction of sp³-hybridized carbons (Fsp3) is 0.263. The van der Waals surface area contributed by atoms with Crippen LogP contribution < -0.4 is 4.74 Å². The molecule has 6 nitrogen and oxygen atoms in total. The Balaban J connectivity index is 1.47. The third-order valence-electron chi connectivity index (χ3n) is 4.46. The number of carbonyl (C=O) groups excluding carboxylic acids is 1. The summed E-state index contributed by atoms with van der Waals surface area (Å²) in [4.78, 5) is 18.0. The first kappa shape index (κ1) is 15.7. The summed E-state index contributed by atoms with van der Waals surface area (Å²) in [6.45, 7) is 0.726. The Morgan fingerprint density at radius 2 is 2.20 bits per heavy atom. The number of nitrogens with zero attached hydrogens (tertiary/aromatic N) is 2. The predicted molar refractivity (Wildman–Crippen MR) is 91.4 cm³/mol. The predicted octanol–water partition coefficient (Wildman–Crippen LogP) is 2.48. The quantitative estimate of drug-likeness (QED) is 0.794. The summed E-state index contributed by atoms with van der Waals surface area (Å²) in [5, 5.41) is 12.4. The average Bonchev–Trinajstić information content (AvgIpc) is 3.18. The maximum absolute atomic E-state index is 12.3. The molecule has 0 spiro atoms. The van der Waals surface area contributed by atoms with Crippen LogP contribution in [0.3, 0.4) is 0 Å². The van der Waals surface area contributed by atoms with E-state index in [2.05, 4.69) is 4.98 Å². The van der Waals surface area contributed by atoms with Crippen LogP contribution in [0.25, 0.3) is 10.8 Å². The van der Waals surface area contributed by atoms with Gasteiger partial charge in [0.25, 0.3) is 5.91 Å². The van der Waals surface area contributed by atoms with E-state index in [1.807, 2.05) is 24.3 Å². The number of aromatic nitrogens is 1. The lowest BCUT2D eigenvalue weighted by atomic mass is 10.0. The first-order valence-corrected chi connectivity index (χ1v) is 8.22. The SMILES string of the molecule is O=C(c1ccco1)N1CC[C@@H](Oc2cccc3cnccc23)[C@H](O)C1. The van der Waals surface area contributed by atoms with Gasteiger partial charge in [-0.25, -0.2) is 0 Å². The van der Waals surface area contributed by atoms with Gasteiger partial charge in [0.1, 0.15) is 18.0 Å². The number of pyridine rings is 1. The van der Waals surface area contributed by atoms with Crippen LogP contribution in [-0.2, 0) is 0 Å². The molecule has 0 radical (unpaired) electrons. The zero-order valence-electron chi connectivity index (χ0n) is 13.5. The van der Waals surface area contributed by atoms with E-state index in [4.69, 9.17) is 9.15 Å². The Hall–Kier alpha value is -2.86. The van der Waals surface area contributed by atoms with Gasteiger partial charge in [0, 0.05) is 36.1 Å². The van der Waals surface area contributed by atoms with Crippen molar-refractivity contribution in [1.82, 2.24) is 9.88 Å². The van der Waals surface area contributed by atoms with Crippen molar-refractivity contribution in [3.8, 4) is 5.75 Å². The third kappa shape index (κ3) is 3.08. The number of hydrogen-bond donors (Lipinski definition) is 1. The van der Waals surface area contributed by atoms with E-state index >= 15 is 0 Å². The molecule has 1 N–H and O–H groups in total. The molecule has 1 amide bonds. The first-order valence-electron chi connectivity index (χ1n) is 8.22. The summed E-state index contributed by atoms with van der Waals surface area (Å²) in [6.07, 6.45) is 4.40. The van der Waals surface area contributed by atoms with E-state index in [0.717, 1.165) is 16.5 Å². The summed E-state index contributed by atoms with van der Waals surface area (Å²) in [6, 6.07) is 11.0. The highest BCUT2D eigenvalue weighted by atomic mass is 16.5. The van der Waals surface area contributed by atoms with Gasteiger partial charge >= 0.3 is 0 Å². The Labute approximate surface area is 144 Å². The number of β-amino-alcohol motifs (C(OH)–C–C–N with tert-alkyl or cyclic N) is 1. The molecule has 1 fully saturated rings. The standard InChI is InChI=1S/C19H18N2O4/c22-15-12-21(19(23)18-5-2-10-24-18)9-7-17(15)25-16-4-1-3-13-11-20-8-6-14(13)16/h1-6,8,10-11,15,17,22H,7,9,12H2/t15-,17-/m1/s1. The molecule has 3 heterocycles. The van der Waals surface area contributed by atoms with Gasteiger partial charge in [-0.15, -0.1) is 0 Å². The molecule has 0 saturated carbocycles. The van der Waals surface area contributed by atoms with Gasteiger partial charge in [0.15, 0.2) is 5.76 Å². The number of aliphatic hydroxyl groups is 1. The number of likely N-dealkylation sites (tertiary alicyclic amines) is 1. The van der Waals surface area contributed by atoms with Crippen molar-refractivity contribution >= 4 is 16.7 Å². The second-order valence-corrected chi connectivity index (χ2v) is 6.09. The lowest BCUT2D eigenvalue weighted by molar-refractivity contribution is -0.0200. The number of furan rings is 1. The van der Waals surface area contributed by atoms with Crippen molar-refractivity contribution in [2.24, 2.45) is 0 Å². The maximum atomic E-state index is 12.3. The number of rotatable bonds is 3. The summed E-state index contributed by atoms with van der Waals surface area (Å²) >= 11 is 0. The minimum Gasteiger partial charge on any atom is -0.487 e. The van der Waals surface area contributed by atoms with Crippen molar-refractivity contribution < 1.29 is 19.1 Å². The van der Waals surface area contributed by atoms with Gasteiger partial charge < -0.3 is 19.2 Å². The van der Waals surface area contributed by atoms with E-state index in [1.165, 1.54) is 6.26 Å². The van der Waals surface area contributed by atoms with Gasteiger partial charge in [-0.2, -0.15) is 0 Å². The molecule has 0 unspecified atom stereocenters. The number of ether oxygens (including phenoxy) is 1. The highest BCUT2D eigenvalue weighted by molar-refractivity contribution is 5.91. The van der Waals surface area contributed by atoms with Crippen molar-refractivity contribution in [2.45, 2.75) is 18.6 Å². The van der Waals surface area contributed by atoms with Crippen LogP contribution >= 0.6 is 0 Å². The zero-order valence-corrected chi connectivity index (χ0v) is 13.5. The van der Waals surface area contributed by atoms with Crippen molar-refractivity contribution in [1.29, 1.82) is 0 Å². The van der Waals surface area contributed by atoms with Crippen LogP contribution in [0, 0.1) is 0 Å². The van der Waals surface area contributed by atoms with Crippen molar-refractivity contribution in [3.63, 3.8) is 0 Å². The number of fused-ring (bicyclic) bond motifs is 1. The third-order valence-corrected chi connectivity index (χ3v) is 4.46. The molecular weight excluding hydrogens is 320 g/mol. The minimum atomic E-state index is -0.759. The summed E-state index contributed by atoms with van der Waals surface area (Å²) in [5.74, 6) is 0.793. The molecule has 6 heteroatoms. The molecule has 1 aliphatic rings. The van der Waals surface area contributed by atoms with Crippen molar-refractivity contribution in [3.05, 3.63) is 60.8 Å². The Bertz CT molecular complexity index is 873. The largest absolute Gasteiger partial charge is 0.487 e. The molecule has 3 aromatic rings. The number of aliphatic hydroxyl groups excluding tert-OH is 1. The topological polar surface area (TPSA) is 75.8 Å². The van der Waals surface area contributed by atoms with E-state index in [0.29, 0.717) is 13.0 Å². The van der Waals surface area contributed by atoms with Gasteiger partial charge in [-0.3, -0.25) is 9.78 Å². The summed E-state index contributed by atoms with van der Waals surface area (Å²) < 4.78 is 11.2. The van der Waals surface area contributed by atoms with Gasteiger partial charge in [-0.1, -0.05) is 12.1 Å². The van der Waals surface area contributed by atoms with Crippen LogP contribution in [0.2, 0.25) is 0 Å². The molecule has 4 rings (SSSR count). The Morgan fingerprint density at radius 3 is 3.00 bits per heavy atom. The first-order chi connectivity index (χ1) is 12.2. The van der Waals surface area contributed by atoms with E-state index in [1.54, 1.807) is 29.4 Å². The summed E-state index contributed by atoms with van der Waals surface area (Å²) in [7, 11) is 0. The lowest BCUT2D eigenvalue weighted by Gasteiger charge is -2.35. The zero-order chi connectivity index (χ0) is 17.2. The maximum Gasteiger partial charge on any atom is 0.289 e. The number of amides is 1. The van der Waals surface area contributed by atoms with Crippen LogP contribution in [0.4, 0.5) is 0 Å². The number of benzene rings is 1. The monoisotopic (exact) mass is 338 g/mol. The summed E-state index contributed by atoms with van der Waals surface area (Å²) in [5.41, 5.74) is 0. The van der Waals surface area contributed by atoms with E-state index in [-0.39, 0.29) is 24.3 Å². The molecule has 1 saturated heterocycles. The Kier molecular flexibility index (Phi) is 4.11. The van der Waals surface area contributed by atoms with Crippen LogP contribution in [0.1, 0.15) is 17.0 Å².